The SMILES string of the molecule is Cc1cc(/C=C2\SC(=Nc3ccccc3F)NC2=O)c(C)n1-c1ccc2ccccc2c1. The minimum atomic E-state index is -0.425. The molecule has 158 valence electrons. The van der Waals surface area contributed by atoms with Crippen molar-refractivity contribution in [1.29, 1.82) is 0 Å². The van der Waals surface area contributed by atoms with Gasteiger partial charge in [0.15, 0.2) is 5.17 Å². The second kappa shape index (κ2) is 8.13. The Kier molecular flexibility index (Phi) is 5.15. The van der Waals surface area contributed by atoms with Gasteiger partial charge in [-0.3, -0.25) is 4.79 Å². The molecule has 0 unspecified atom stereocenters. The molecule has 1 N–H and O–H groups in total. The van der Waals surface area contributed by atoms with E-state index < -0.39 is 5.82 Å². The van der Waals surface area contributed by atoms with Crippen molar-refractivity contribution in [3.05, 3.63) is 100 Å². The lowest BCUT2D eigenvalue weighted by molar-refractivity contribution is -0.115. The molecule has 0 radical (unpaired) electrons. The van der Waals surface area contributed by atoms with Crippen LogP contribution in [-0.2, 0) is 4.79 Å². The Hall–Kier alpha value is -3.64. The number of aryl methyl sites for hydroxylation is 1. The van der Waals surface area contributed by atoms with Crippen LogP contribution in [-0.4, -0.2) is 15.6 Å². The van der Waals surface area contributed by atoms with Gasteiger partial charge in [-0.2, -0.15) is 0 Å². The van der Waals surface area contributed by atoms with E-state index in [1.807, 2.05) is 25.1 Å². The highest BCUT2D eigenvalue weighted by molar-refractivity contribution is 8.18. The highest BCUT2D eigenvalue weighted by Crippen LogP contribution is 2.31. The van der Waals surface area contributed by atoms with Gasteiger partial charge in [-0.05, 0) is 78.4 Å². The number of thioether (sulfide) groups is 1. The number of amides is 1. The van der Waals surface area contributed by atoms with Gasteiger partial charge in [0, 0.05) is 17.1 Å². The fourth-order valence-electron chi connectivity index (χ4n) is 3.92. The summed E-state index contributed by atoms with van der Waals surface area (Å²) in [5, 5.41) is 5.47. The van der Waals surface area contributed by atoms with E-state index in [4.69, 9.17) is 0 Å². The summed E-state index contributed by atoms with van der Waals surface area (Å²) >= 11 is 1.21. The van der Waals surface area contributed by atoms with Crippen molar-refractivity contribution >= 4 is 45.4 Å². The molecule has 1 amide bonds. The summed E-state index contributed by atoms with van der Waals surface area (Å²) in [5.74, 6) is -0.660. The second-order valence-electron chi connectivity index (χ2n) is 7.63. The maximum absolute atomic E-state index is 13.9. The highest BCUT2D eigenvalue weighted by atomic mass is 32.2. The van der Waals surface area contributed by atoms with Crippen LogP contribution in [0, 0.1) is 19.7 Å². The first-order chi connectivity index (χ1) is 15.5. The van der Waals surface area contributed by atoms with Crippen LogP contribution in [0.5, 0.6) is 0 Å². The zero-order valence-corrected chi connectivity index (χ0v) is 18.4. The first-order valence-electron chi connectivity index (χ1n) is 10.2. The number of rotatable bonds is 3. The minimum Gasteiger partial charge on any atom is -0.318 e. The molecule has 3 aromatic carbocycles. The van der Waals surface area contributed by atoms with Crippen molar-refractivity contribution < 1.29 is 9.18 Å². The number of benzene rings is 3. The molecule has 0 bridgehead atoms. The summed E-state index contributed by atoms with van der Waals surface area (Å²) in [5.41, 5.74) is 4.35. The van der Waals surface area contributed by atoms with Crippen LogP contribution in [0.2, 0.25) is 0 Å². The molecule has 1 aliphatic heterocycles. The molecule has 6 heteroatoms. The Labute approximate surface area is 189 Å². The predicted octanol–water partition coefficient (Wildman–Crippen LogP) is 6.28. The molecule has 0 atom stereocenters. The number of fused-ring (bicyclic) bond motifs is 1. The highest BCUT2D eigenvalue weighted by Gasteiger charge is 2.25. The van der Waals surface area contributed by atoms with Crippen molar-refractivity contribution in [1.82, 2.24) is 9.88 Å². The van der Waals surface area contributed by atoms with Crippen molar-refractivity contribution in [3.8, 4) is 5.69 Å². The Balaban J connectivity index is 1.48. The van der Waals surface area contributed by atoms with Crippen molar-refractivity contribution in [2.75, 3.05) is 0 Å². The first-order valence-corrected chi connectivity index (χ1v) is 11.0. The lowest BCUT2D eigenvalue weighted by atomic mass is 10.1. The summed E-state index contributed by atoms with van der Waals surface area (Å²) in [6, 6.07) is 23.0. The lowest BCUT2D eigenvalue weighted by Gasteiger charge is -2.11. The van der Waals surface area contributed by atoms with Crippen LogP contribution in [0.25, 0.3) is 22.5 Å². The van der Waals surface area contributed by atoms with Crippen LogP contribution in [0.1, 0.15) is 17.0 Å². The van der Waals surface area contributed by atoms with Gasteiger partial charge in [0.2, 0.25) is 0 Å². The summed E-state index contributed by atoms with van der Waals surface area (Å²) in [4.78, 5) is 17.3. The number of amidine groups is 1. The molecule has 5 rings (SSSR count). The molecule has 1 fully saturated rings. The van der Waals surface area contributed by atoms with Crippen molar-refractivity contribution in [2.45, 2.75) is 13.8 Å². The van der Waals surface area contributed by atoms with E-state index in [0.717, 1.165) is 22.6 Å². The van der Waals surface area contributed by atoms with E-state index >= 15 is 0 Å². The van der Waals surface area contributed by atoms with Gasteiger partial charge in [-0.25, -0.2) is 9.38 Å². The average molecular weight is 442 g/mol. The van der Waals surface area contributed by atoms with Crippen molar-refractivity contribution in [2.24, 2.45) is 4.99 Å². The topological polar surface area (TPSA) is 46.4 Å². The van der Waals surface area contributed by atoms with E-state index in [1.165, 1.54) is 28.6 Å². The molecule has 32 heavy (non-hydrogen) atoms. The number of carbonyl (C=O) groups excluding carboxylic acids is 1. The summed E-state index contributed by atoms with van der Waals surface area (Å²) in [7, 11) is 0. The summed E-state index contributed by atoms with van der Waals surface area (Å²) < 4.78 is 16.1. The Bertz CT molecular complexity index is 1430. The number of aromatic nitrogens is 1. The number of hydrogen-bond acceptors (Lipinski definition) is 3. The average Bonchev–Trinajstić information content (AvgIpc) is 3.27. The fourth-order valence-corrected chi connectivity index (χ4v) is 4.75. The lowest BCUT2D eigenvalue weighted by Crippen LogP contribution is -2.19. The number of nitrogens with one attached hydrogen (secondary N) is 1. The molecular weight excluding hydrogens is 421 g/mol. The minimum absolute atomic E-state index is 0.200. The normalized spacial score (nSPS) is 16.3. The van der Waals surface area contributed by atoms with Gasteiger partial charge in [0.05, 0.1) is 4.91 Å². The van der Waals surface area contributed by atoms with E-state index in [2.05, 4.69) is 58.2 Å². The van der Waals surface area contributed by atoms with E-state index in [0.29, 0.717) is 10.1 Å². The number of halogens is 1. The largest absolute Gasteiger partial charge is 0.318 e. The Morgan fingerprint density at radius 3 is 2.53 bits per heavy atom. The maximum atomic E-state index is 13.9. The number of hydrogen-bond donors (Lipinski definition) is 1. The predicted molar refractivity (Wildman–Crippen MR) is 130 cm³/mol. The molecule has 4 aromatic rings. The van der Waals surface area contributed by atoms with Gasteiger partial charge in [-0.15, -0.1) is 0 Å². The van der Waals surface area contributed by atoms with Crippen LogP contribution >= 0.6 is 11.8 Å². The standard InChI is InChI=1S/C26H20FN3OS/c1-16-13-20(17(2)30(16)21-12-11-18-7-3-4-8-19(18)14-21)15-24-25(31)29-26(32-24)28-23-10-6-5-9-22(23)27/h3-15H,1-2H3,(H,28,29,31)/b24-15-. The fraction of sp³-hybridized carbons (Fsp3) is 0.0769. The monoisotopic (exact) mass is 441 g/mol. The van der Waals surface area contributed by atoms with Gasteiger partial charge < -0.3 is 9.88 Å². The van der Waals surface area contributed by atoms with Gasteiger partial charge in [0.25, 0.3) is 5.91 Å². The van der Waals surface area contributed by atoms with E-state index in [9.17, 15) is 9.18 Å². The maximum Gasteiger partial charge on any atom is 0.264 e. The molecule has 0 spiro atoms. The molecule has 2 heterocycles. The van der Waals surface area contributed by atoms with Crippen LogP contribution in [0.3, 0.4) is 0 Å². The molecule has 1 saturated heterocycles. The quantitative estimate of drug-likeness (QED) is 0.381. The molecule has 1 aromatic heterocycles. The Morgan fingerprint density at radius 1 is 0.969 bits per heavy atom. The zero-order chi connectivity index (χ0) is 22.2. The zero-order valence-electron chi connectivity index (χ0n) is 17.6. The third-order valence-corrected chi connectivity index (χ3v) is 6.38. The third-order valence-electron chi connectivity index (χ3n) is 5.47. The molecular formula is C26H20FN3OS. The smallest absolute Gasteiger partial charge is 0.264 e. The van der Waals surface area contributed by atoms with Gasteiger partial charge in [-0.1, -0.05) is 42.5 Å². The van der Waals surface area contributed by atoms with Crippen LogP contribution in [0.4, 0.5) is 10.1 Å². The summed E-state index contributed by atoms with van der Waals surface area (Å²) in [6.07, 6.45) is 1.86. The molecule has 0 aliphatic carbocycles. The molecule has 4 nitrogen and oxygen atoms in total. The number of aliphatic imine (C=N–C) groups is 1. The van der Waals surface area contributed by atoms with Gasteiger partial charge in [0.1, 0.15) is 11.5 Å². The van der Waals surface area contributed by atoms with Crippen LogP contribution < -0.4 is 5.32 Å². The first kappa shape index (κ1) is 20.3. The number of para-hydroxylation sites is 1. The van der Waals surface area contributed by atoms with E-state index in [-0.39, 0.29) is 11.6 Å². The molecule has 1 aliphatic rings. The molecule has 0 saturated carbocycles. The van der Waals surface area contributed by atoms with E-state index in [1.54, 1.807) is 18.2 Å². The second-order valence-corrected chi connectivity index (χ2v) is 8.66. The third kappa shape index (κ3) is 3.74. The van der Waals surface area contributed by atoms with Crippen molar-refractivity contribution in [3.63, 3.8) is 0 Å². The van der Waals surface area contributed by atoms with Crippen LogP contribution in [0.15, 0.2) is 82.7 Å². The number of nitrogens with zero attached hydrogens (tertiary/aromatic N) is 2. The Morgan fingerprint density at radius 2 is 1.72 bits per heavy atom. The van der Waals surface area contributed by atoms with Gasteiger partial charge >= 0.3 is 0 Å². The summed E-state index contributed by atoms with van der Waals surface area (Å²) in [6.45, 7) is 4.09. The number of carbonyl (C=O) groups is 1.